The Morgan fingerprint density at radius 2 is 2.08 bits per heavy atom. The molecule has 1 aliphatic rings. The van der Waals surface area contributed by atoms with E-state index in [1.54, 1.807) is 13.1 Å². The van der Waals surface area contributed by atoms with Crippen LogP contribution < -0.4 is 5.32 Å². The molecule has 0 aliphatic heterocycles. The van der Waals surface area contributed by atoms with Gasteiger partial charge in [0, 0.05) is 34.9 Å². The van der Waals surface area contributed by atoms with Crippen molar-refractivity contribution < 1.29 is 4.79 Å². The summed E-state index contributed by atoms with van der Waals surface area (Å²) in [5.74, 6) is 0.906. The predicted octanol–water partition coefficient (Wildman–Crippen LogP) is 4.18. The van der Waals surface area contributed by atoms with E-state index in [2.05, 4.69) is 26.3 Å². The average molecular weight is 320 g/mol. The van der Waals surface area contributed by atoms with Crippen LogP contribution >= 0.6 is 0 Å². The van der Waals surface area contributed by atoms with Gasteiger partial charge < -0.3 is 10.3 Å². The van der Waals surface area contributed by atoms with Gasteiger partial charge in [-0.3, -0.25) is 9.78 Å². The summed E-state index contributed by atoms with van der Waals surface area (Å²) in [6.45, 7) is 1.55. The van der Waals surface area contributed by atoms with Crippen molar-refractivity contribution in [3.8, 4) is 11.3 Å². The molecule has 3 aromatic rings. The number of fused-ring (bicyclic) bond motifs is 1. The largest absolute Gasteiger partial charge is 0.367 e. The third kappa shape index (κ3) is 2.77. The van der Waals surface area contributed by atoms with Crippen LogP contribution in [0, 0.1) is 0 Å². The molecule has 5 nitrogen and oxygen atoms in total. The van der Waals surface area contributed by atoms with Gasteiger partial charge in [-0.1, -0.05) is 12.8 Å². The number of nitrogens with zero attached hydrogens (tertiary/aromatic N) is 2. The smallest absolute Gasteiger partial charge is 0.161 e. The Morgan fingerprint density at radius 3 is 2.79 bits per heavy atom. The van der Waals surface area contributed by atoms with E-state index in [1.165, 1.54) is 25.7 Å². The van der Waals surface area contributed by atoms with Crippen LogP contribution in [-0.4, -0.2) is 26.8 Å². The quantitative estimate of drug-likeness (QED) is 0.707. The number of aromatic nitrogens is 3. The number of aromatic amines is 1. The third-order valence-electron chi connectivity index (χ3n) is 4.68. The molecule has 0 spiro atoms. The number of nitrogens with one attached hydrogen (secondary N) is 2. The van der Waals surface area contributed by atoms with Gasteiger partial charge in [-0.15, -0.1) is 0 Å². The van der Waals surface area contributed by atoms with Crippen molar-refractivity contribution in [1.29, 1.82) is 0 Å². The van der Waals surface area contributed by atoms with E-state index in [1.807, 2.05) is 24.4 Å². The molecule has 3 heterocycles. The van der Waals surface area contributed by atoms with Crippen LogP contribution in [0.2, 0.25) is 0 Å². The van der Waals surface area contributed by atoms with Crippen molar-refractivity contribution >= 4 is 22.6 Å². The first kappa shape index (κ1) is 14.9. The predicted molar refractivity (Wildman–Crippen MR) is 95.2 cm³/mol. The molecule has 1 fully saturated rings. The SMILES string of the molecule is CC(=O)c1ccc(-c2cc(NC3CCCC3)nc3[nH]ccc23)nc1. The van der Waals surface area contributed by atoms with E-state index < -0.39 is 0 Å². The van der Waals surface area contributed by atoms with Crippen LogP contribution in [0.1, 0.15) is 43.0 Å². The molecular weight excluding hydrogens is 300 g/mol. The minimum atomic E-state index is 0.0270. The van der Waals surface area contributed by atoms with Gasteiger partial charge in [0.15, 0.2) is 5.78 Å². The van der Waals surface area contributed by atoms with Gasteiger partial charge >= 0.3 is 0 Å². The number of ketones is 1. The molecular formula is C19H20N4O. The van der Waals surface area contributed by atoms with Crippen LogP contribution in [0.4, 0.5) is 5.82 Å². The maximum absolute atomic E-state index is 11.4. The van der Waals surface area contributed by atoms with Crippen LogP contribution in [0.15, 0.2) is 36.7 Å². The Kier molecular flexibility index (Phi) is 3.76. The molecule has 0 saturated heterocycles. The zero-order valence-corrected chi connectivity index (χ0v) is 13.7. The number of anilines is 1. The lowest BCUT2D eigenvalue weighted by molar-refractivity contribution is 0.101. The fourth-order valence-corrected chi connectivity index (χ4v) is 3.36. The second kappa shape index (κ2) is 6.07. The Hall–Kier alpha value is -2.69. The normalized spacial score (nSPS) is 15.0. The number of hydrogen-bond acceptors (Lipinski definition) is 4. The van der Waals surface area contributed by atoms with Crippen molar-refractivity contribution in [3.63, 3.8) is 0 Å². The van der Waals surface area contributed by atoms with Gasteiger partial charge in [0.2, 0.25) is 0 Å². The van der Waals surface area contributed by atoms with E-state index >= 15 is 0 Å². The monoisotopic (exact) mass is 320 g/mol. The minimum absolute atomic E-state index is 0.0270. The summed E-state index contributed by atoms with van der Waals surface area (Å²) in [4.78, 5) is 23.8. The summed E-state index contributed by atoms with van der Waals surface area (Å²) in [7, 11) is 0. The topological polar surface area (TPSA) is 70.7 Å². The zero-order chi connectivity index (χ0) is 16.5. The maximum atomic E-state index is 11.4. The van der Waals surface area contributed by atoms with E-state index in [0.717, 1.165) is 28.1 Å². The van der Waals surface area contributed by atoms with E-state index in [-0.39, 0.29) is 5.78 Å². The van der Waals surface area contributed by atoms with Crippen molar-refractivity contribution in [2.75, 3.05) is 5.32 Å². The maximum Gasteiger partial charge on any atom is 0.161 e. The molecule has 0 amide bonds. The highest BCUT2D eigenvalue weighted by atomic mass is 16.1. The van der Waals surface area contributed by atoms with Crippen LogP contribution in [0.5, 0.6) is 0 Å². The number of rotatable bonds is 4. The second-order valence-corrected chi connectivity index (χ2v) is 6.41. The van der Waals surface area contributed by atoms with Crippen molar-refractivity contribution in [3.05, 3.63) is 42.2 Å². The van der Waals surface area contributed by atoms with Crippen LogP contribution in [0.25, 0.3) is 22.3 Å². The summed E-state index contributed by atoms with van der Waals surface area (Å²) in [6.07, 6.45) is 8.49. The average Bonchev–Trinajstić information content (AvgIpc) is 3.25. The lowest BCUT2D eigenvalue weighted by Crippen LogP contribution is -2.15. The number of carbonyl (C=O) groups is 1. The summed E-state index contributed by atoms with van der Waals surface area (Å²) in [6, 6.07) is 8.30. The van der Waals surface area contributed by atoms with Crippen molar-refractivity contribution in [1.82, 2.24) is 15.0 Å². The summed E-state index contributed by atoms with van der Waals surface area (Å²) >= 11 is 0. The Bertz CT molecular complexity index is 876. The first-order chi connectivity index (χ1) is 11.7. The first-order valence-electron chi connectivity index (χ1n) is 8.43. The van der Waals surface area contributed by atoms with Crippen molar-refractivity contribution in [2.24, 2.45) is 0 Å². The number of pyridine rings is 2. The lowest BCUT2D eigenvalue weighted by atomic mass is 10.1. The molecule has 24 heavy (non-hydrogen) atoms. The molecule has 0 unspecified atom stereocenters. The van der Waals surface area contributed by atoms with Gasteiger partial charge in [-0.2, -0.15) is 0 Å². The number of hydrogen-bond donors (Lipinski definition) is 2. The fraction of sp³-hybridized carbons (Fsp3) is 0.316. The molecule has 1 aliphatic carbocycles. The lowest BCUT2D eigenvalue weighted by Gasteiger charge is -2.14. The summed E-state index contributed by atoms with van der Waals surface area (Å²) in [5, 5.41) is 4.59. The molecule has 0 bridgehead atoms. The fourth-order valence-electron chi connectivity index (χ4n) is 3.36. The molecule has 3 aromatic heterocycles. The number of carbonyl (C=O) groups excluding carboxylic acids is 1. The third-order valence-corrected chi connectivity index (χ3v) is 4.68. The molecule has 0 radical (unpaired) electrons. The van der Waals surface area contributed by atoms with E-state index in [0.29, 0.717) is 11.6 Å². The van der Waals surface area contributed by atoms with Gasteiger partial charge in [-0.05, 0) is 44.0 Å². The number of Topliss-reactive ketones (excluding diaryl/α,β-unsaturated/α-hetero) is 1. The second-order valence-electron chi connectivity index (χ2n) is 6.41. The highest BCUT2D eigenvalue weighted by molar-refractivity contribution is 5.96. The molecule has 0 aromatic carbocycles. The van der Waals surface area contributed by atoms with E-state index in [4.69, 9.17) is 0 Å². The Morgan fingerprint density at radius 1 is 1.25 bits per heavy atom. The molecule has 2 N–H and O–H groups in total. The van der Waals surface area contributed by atoms with Gasteiger partial charge in [0.25, 0.3) is 0 Å². The molecule has 1 saturated carbocycles. The van der Waals surface area contributed by atoms with Gasteiger partial charge in [0.05, 0.1) is 5.69 Å². The summed E-state index contributed by atoms with van der Waals surface area (Å²) in [5.41, 5.74) is 3.35. The van der Waals surface area contributed by atoms with Gasteiger partial charge in [-0.25, -0.2) is 4.98 Å². The Balaban J connectivity index is 1.75. The Labute approximate surface area is 140 Å². The summed E-state index contributed by atoms with van der Waals surface area (Å²) < 4.78 is 0. The van der Waals surface area contributed by atoms with Gasteiger partial charge in [0.1, 0.15) is 11.5 Å². The molecule has 0 atom stereocenters. The highest BCUT2D eigenvalue weighted by Gasteiger charge is 2.17. The minimum Gasteiger partial charge on any atom is -0.367 e. The number of H-pyrrole nitrogens is 1. The van der Waals surface area contributed by atoms with E-state index in [9.17, 15) is 4.79 Å². The standard InChI is InChI=1S/C19H20N4O/c1-12(24)13-6-7-17(21-11-13)16-10-18(22-14-4-2-3-5-14)23-19-15(16)8-9-20-19/h6-11,14H,2-5H2,1H3,(H2,20,22,23). The van der Waals surface area contributed by atoms with Crippen LogP contribution in [0.3, 0.4) is 0 Å². The molecule has 122 valence electrons. The highest BCUT2D eigenvalue weighted by Crippen LogP contribution is 2.30. The first-order valence-corrected chi connectivity index (χ1v) is 8.43. The van der Waals surface area contributed by atoms with Crippen LogP contribution in [-0.2, 0) is 0 Å². The molecule has 5 heteroatoms. The van der Waals surface area contributed by atoms with Crippen molar-refractivity contribution in [2.45, 2.75) is 38.6 Å². The zero-order valence-electron chi connectivity index (χ0n) is 13.7. The molecule has 4 rings (SSSR count).